The van der Waals surface area contributed by atoms with Crippen molar-refractivity contribution >= 4 is 29.9 Å². The van der Waals surface area contributed by atoms with Gasteiger partial charge >= 0.3 is 0 Å². The van der Waals surface area contributed by atoms with Gasteiger partial charge in [-0.15, -0.1) is 24.0 Å². The van der Waals surface area contributed by atoms with Crippen molar-refractivity contribution in [3.05, 3.63) is 53.4 Å². The number of nitrogens with zero attached hydrogens (tertiary/aromatic N) is 4. The maximum Gasteiger partial charge on any atom is 0.193 e. The maximum atomic E-state index is 13.7. The molecule has 148 valence electrons. The van der Waals surface area contributed by atoms with Crippen LogP contribution in [-0.2, 0) is 18.2 Å². The normalized spacial score (nSPS) is 17.6. The summed E-state index contributed by atoms with van der Waals surface area (Å²) in [6.45, 7) is 2.41. The Hall–Kier alpha value is -1.75. The van der Waals surface area contributed by atoms with Crippen LogP contribution < -0.4 is 5.32 Å². The van der Waals surface area contributed by atoms with Crippen molar-refractivity contribution in [1.82, 2.24) is 20.0 Å². The van der Waals surface area contributed by atoms with E-state index >= 15 is 0 Å². The molecule has 2 aromatic rings. The van der Waals surface area contributed by atoms with Gasteiger partial charge in [0.2, 0.25) is 0 Å². The van der Waals surface area contributed by atoms with Crippen molar-refractivity contribution in [3.8, 4) is 0 Å². The van der Waals surface area contributed by atoms with Gasteiger partial charge in [-0.25, -0.2) is 8.78 Å². The summed E-state index contributed by atoms with van der Waals surface area (Å²) in [6.07, 6.45) is 4.05. The van der Waals surface area contributed by atoms with Gasteiger partial charge in [0.1, 0.15) is 17.7 Å². The lowest BCUT2D eigenvalue weighted by Crippen LogP contribution is -2.48. The first-order valence-corrected chi connectivity index (χ1v) is 8.56. The predicted molar refractivity (Wildman–Crippen MR) is 110 cm³/mol. The van der Waals surface area contributed by atoms with E-state index in [2.05, 4.69) is 20.3 Å². The number of ether oxygens (including phenoxy) is 1. The minimum atomic E-state index is -0.432. The molecule has 0 amide bonds. The third-order valence-electron chi connectivity index (χ3n) is 4.36. The van der Waals surface area contributed by atoms with Crippen LogP contribution in [-0.4, -0.2) is 53.9 Å². The molecule has 1 saturated heterocycles. The molecule has 1 atom stereocenters. The van der Waals surface area contributed by atoms with Gasteiger partial charge in [-0.3, -0.25) is 9.67 Å². The van der Waals surface area contributed by atoms with E-state index in [1.807, 2.05) is 13.2 Å². The molecule has 3 rings (SSSR count). The van der Waals surface area contributed by atoms with Crippen LogP contribution in [0.25, 0.3) is 0 Å². The molecule has 0 radical (unpaired) electrons. The van der Waals surface area contributed by atoms with Crippen LogP contribution in [0.4, 0.5) is 8.78 Å². The smallest absolute Gasteiger partial charge is 0.193 e. The fraction of sp³-hybridized carbons (Fsp3) is 0.444. The Balaban J connectivity index is 0.00000261. The highest BCUT2D eigenvalue weighted by Gasteiger charge is 2.25. The van der Waals surface area contributed by atoms with E-state index in [0.717, 1.165) is 23.7 Å². The summed E-state index contributed by atoms with van der Waals surface area (Å²) in [6, 6.07) is 3.50. The molecule has 1 aliphatic rings. The van der Waals surface area contributed by atoms with Crippen LogP contribution >= 0.6 is 24.0 Å². The van der Waals surface area contributed by atoms with Gasteiger partial charge in [0.05, 0.1) is 19.3 Å². The second-order valence-electron chi connectivity index (χ2n) is 6.21. The average molecular weight is 491 g/mol. The van der Waals surface area contributed by atoms with E-state index < -0.39 is 11.6 Å². The van der Waals surface area contributed by atoms with Crippen LogP contribution in [0.1, 0.15) is 17.2 Å². The van der Waals surface area contributed by atoms with E-state index in [9.17, 15) is 8.78 Å². The lowest BCUT2D eigenvalue weighted by atomic mass is 10.1. The van der Waals surface area contributed by atoms with Gasteiger partial charge in [-0.2, -0.15) is 5.10 Å². The minimum absolute atomic E-state index is 0. The fourth-order valence-electron chi connectivity index (χ4n) is 3.03. The van der Waals surface area contributed by atoms with Crippen molar-refractivity contribution in [2.24, 2.45) is 12.0 Å². The molecule has 0 spiro atoms. The Labute approximate surface area is 174 Å². The zero-order valence-electron chi connectivity index (χ0n) is 15.4. The first-order chi connectivity index (χ1) is 12.6. The summed E-state index contributed by atoms with van der Waals surface area (Å²) in [7, 11) is 3.58. The summed E-state index contributed by atoms with van der Waals surface area (Å²) >= 11 is 0. The molecule has 1 aromatic heterocycles. The first-order valence-electron chi connectivity index (χ1n) is 8.56. The van der Waals surface area contributed by atoms with E-state index in [0.29, 0.717) is 38.2 Å². The number of halogens is 3. The molecule has 1 unspecified atom stereocenters. The van der Waals surface area contributed by atoms with E-state index in [4.69, 9.17) is 4.74 Å². The Kier molecular flexibility index (Phi) is 7.96. The molecule has 2 heterocycles. The number of guanidine groups is 1. The number of nitrogens with one attached hydrogen (secondary N) is 1. The molecule has 0 saturated carbocycles. The average Bonchev–Trinajstić information content (AvgIpc) is 3.08. The Morgan fingerprint density at radius 2 is 2.22 bits per heavy atom. The van der Waals surface area contributed by atoms with Gasteiger partial charge in [0.15, 0.2) is 5.96 Å². The Morgan fingerprint density at radius 1 is 1.41 bits per heavy atom. The molecule has 1 aliphatic heterocycles. The van der Waals surface area contributed by atoms with Gasteiger partial charge in [0, 0.05) is 38.9 Å². The monoisotopic (exact) mass is 491 g/mol. The number of benzene rings is 1. The number of morpholine rings is 1. The minimum Gasteiger partial charge on any atom is -0.370 e. The topological polar surface area (TPSA) is 54.7 Å². The number of aliphatic imine (C=N–C) groups is 1. The second-order valence-corrected chi connectivity index (χ2v) is 6.21. The number of aryl methyl sites for hydroxylation is 1. The van der Waals surface area contributed by atoms with Gasteiger partial charge in [-0.05, 0) is 30.2 Å². The van der Waals surface area contributed by atoms with E-state index in [-0.39, 0.29) is 30.1 Å². The molecule has 9 heteroatoms. The zero-order valence-corrected chi connectivity index (χ0v) is 17.7. The molecule has 1 fully saturated rings. The van der Waals surface area contributed by atoms with Crippen LogP contribution in [0.5, 0.6) is 0 Å². The third kappa shape index (κ3) is 5.61. The third-order valence-corrected chi connectivity index (χ3v) is 4.36. The summed E-state index contributed by atoms with van der Waals surface area (Å²) in [4.78, 5) is 6.40. The van der Waals surface area contributed by atoms with Crippen molar-refractivity contribution in [2.45, 2.75) is 12.5 Å². The first kappa shape index (κ1) is 21.5. The SMILES string of the molecule is CN=C(NCCc1cc(F)ccc1F)N1CCOC(c2cnn(C)c2)C1.I. The molecule has 0 bridgehead atoms. The Morgan fingerprint density at radius 3 is 2.93 bits per heavy atom. The van der Waals surface area contributed by atoms with E-state index in [1.54, 1.807) is 17.9 Å². The Bertz CT molecular complexity index is 783. The fourth-order valence-corrected chi connectivity index (χ4v) is 3.03. The standard InChI is InChI=1S/C18H23F2N5O.HI/c1-21-18(22-6-5-13-9-15(19)3-4-16(13)20)25-7-8-26-17(12-25)14-10-23-24(2)11-14;/h3-4,9-11,17H,5-8,12H2,1-2H3,(H,21,22);1H. The van der Waals surface area contributed by atoms with Gasteiger partial charge in [0.25, 0.3) is 0 Å². The summed E-state index contributed by atoms with van der Waals surface area (Å²) in [5.41, 5.74) is 1.37. The number of rotatable bonds is 4. The van der Waals surface area contributed by atoms with Crippen molar-refractivity contribution in [1.29, 1.82) is 0 Å². The van der Waals surface area contributed by atoms with Gasteiger partial charge in [-0.1, -0.05) is 0 Å². The van der Waals surface area contributed by atoms with Crippen molar-refractivity contribution in [3.63, 3.8) is 0 Å². The predicted octanol–water partition coefficient (Wildman–Crippen LogP) is 2.51. The molecule has 0 aliphatic carbocycles. The molecule has 1 aromatic carbocycles. The largest absolute Gasteiger partial charge is 0.370 e. The number of hydrogen-bond acceptors (Lipinski definition) is 3. The van der Waals surface area contributed by atoms with Crippen LogP contribution in [0.3, 0.4) is 0 Å². The molecule has 1 N–H and O–H groups in total. The molecule has 6 nitrogen and oxygen atoms in total. The van der Waals surface area contributed by atoms with E-state index in [1.165, 1.54) is 6.07 Å². The number of hydrogen-bond donors (Lipinski definition) is 1. The second kappa shape index (κ2) is 9.98. The molecule has 27 heavy (non-hydrogen) atoms. The zero-order chi connectivity index (χ0) is 18.5. The summed E-state index contributed by atoms with van der Waals surface area (Å²) in [5, 5.41) is 7.41. The highest BCUT2D eigenvalue weighted by atomic mass is 127. The number of aromatic nitrogens is 2. The van der Waals surface area contributed by atoms with Crippen LogP contribution in [0.2, 0.25) is 0 Å². The van der Waals surface area contributed by atoms with Gasteiger partial charge < -0.3 is 15.0 Å². The van der Waals surface area contributed by atoms with Crippen molar-refractivity contribution < 1.29 is 13.5 Å². The maximum absolute atomic E-state index is 13.7. The molecular weight excluding hydrogens is 467 g/mol. The highest BCUT2D eigenvalue weighted by molar-refractivity contribution is 14.0. The highest BCUT2D eigenvalue weighted by Crippen LogP contribution is 2.21. The lowest BCUT2D eigenvalue weighted by Gasteiger charge is -2.34. The lowest BCUT2D eigenvalue weighted by molar-refractivity contribution is -0.00801. The van der Waals surface area contributed by atoms with Crippen LogP contribution in [0, 0.1) is 11.6 Å². The quantitative estimate of drug-likeness (QED) is 0.406. The molecular formula is C18H24F2IN5O. The van der Waals surface area contributed by atoms with Crippen LogP contribution in [0.15, 0.2) is 35.6 Å². The van der Waals surface area contributed by atoms with Crippen molar-refractivity contribution in [2.75, 3.05) is 33.3 Å². The summed E-state index contributed by atoms with van der Waals surface area (Å²) in [5.74, 6) is -0.108. The summed E-state index contributed by atoms with van der Waals surface area (Å²) < 4.78 is 34.6.